The molecule has 1 unspecified atom stereocenters. The van der Waals surface area contributed by atoms with Crippen LogP contribution in [0.5, 0.6) is 0 Å². The summed E-state index contributed by atoms with van der Waals surface area (Å²) in [6.07, 6.45) is 1.05. The van der Waals surface area contributed by atoms with Gasteiger partial charge in [0.05, 0.1) is 5.56 Å². The highest BCUT2D eigenvalue weighted by Gasteiger charge is 2.12. The molecule has 0 fully saturated rings. The maximum Gasteiger partial charge on any atom is 0.335 e. The number of carboxylic acid groups (broad SMARTS) is 1. The van der Waals surface area contributed by atoms with E-state index < -0.39 is 5.97 Å². The Bertz CT molecular complexity index is 406. The SMILES string of the molecule is CC(C)CC(CN(C)C)Nc1cccc(C(=O)O)c1. The van der Waals surface area contributed by atoms with Crippen molar-refractivity contribution in [1.82, 2.24) is 4.90 Å². The highest BCUT2D eigenvalue weighted by atomic mass is 16.4. The van der Waals surface area contributed by atoms with Crippen LogP contribution < -0.4 is 5.32 Å². The molecule has 0 aliphatic heterocycles. The van der Waals surface area contributed by atoms with Crippen LogP contribution in [0.25, 0.3) is 0 Å². The minimum absolute atomic E-state index is 0.318. The number of nitrogens with zero attached hydrogens (tertiary/aromatic N) is 1. The molecule has 4 heteroatoms. The van der Waals surface area contributed by atoms with Crippen LogP contribution in [0.2, 0.25) is 0 Å². The standard InChI is InChI=1S/C15H24N2O2/c1-11(2)8-14(10-17(3)4)16-13-7-5-6-12(9-13)15(18)19/h5-7,9,11,14,16H,8,10H2,1-4H3,(H,18,19). The van der Waals surface area contributed by atoms with Gasteiger partial charge < -0.3 is 15.3 Å². The predicted octanol–water partition coefficient (Wildman–Crippen LogP) is 2.77. The summed E-state index contributed by atoms with van der Waals surface area (Å²) in [4.78, 5) is 13.1. The zero-order chi connectivity index (χ0) is 14.4. The van der Waals surface area contributed by atoms with E-state index >= 15 is 0 Å². The van der Waals surface area contributed by atoms with Crippen molar-refractivity contribution in [1.29, 1.82) is 0 Å². The topological polar surface area (TPSA) is 52.6 Å². The van der Waals surface area contributed by atoms with Crippen LogP contribution in [-0.4, -0.2) is 42.7 Å². The van der Waals surface area contributed by atoms with Gasteiger partial charge in [0.1, 0.15) is 0 Å². The molecule has 1 rings (SSSR count). The van der Waals surface area contributed by atoms with Gasteiger partial charge in [-0.25, -0.2) is 4.79 Å². The number of benzene rings is 1. The van der Waals surface area contributed by atoms with E-state index in [-0.39, 0.29) is 0 Å². The molecule has 1 aromatic rings. The van der Waals surface area contributed by atoms with E-state index in [1.54, 1.807) is 18.2 Å². The van der Waals surface area contributed by atoms with Crippen LogP contribution >= 0.6 is 0 Å². The van der Waals surface area contributed by atoms with Gasteiger partial charge >= 0.3 is 5.97 Å². The third-order valence-electron chi connectivity index (χ3n) is 2.82. The van der Waals surface area contributed by atoms with Crippen molar-refractivity contribution < 1.29 is 9.90 Å². The summed E-state index contributed by atoms with van der Waals surface area (Å²) < 4.78 is 0. The smallest absolute Gasteiger partial charge is 0.335 e. The lowest BCUT2D eigenvalue weighted by molar-refractivity contribution is 0.0697. The van der Waals surface area contributed by atoms with E-state index in [0.29, 0.717) is 17.5 Å². The fourth-order valence-electron chi connectivity index (χ4n) is 2.17. The molecule has 19 heavy (non-hydrogen) atoms. The second-order valence-corrected chi connectivity index (χ2v) is 5.62. The molecule has 0 amide bonds. The van der Waals surface area contributed by atoms with Gasteiger partial charge in [-0.15, -0.1) is 0 Å². The Hall–Kier alpha value is -1.55. The Morgan fingerprint density at radius 3 is 2.58 bits per heavy atom. The van der Waals surface area contributed by atoms with Gasteiger partial charge in [-0.3, -0.25) is 0 Å². The molecule has 0 saturated carbocycles. The van der Waals surface area contributed by atoms with Crippen molar-refractivity contribution in [3.8, 4) is 0 Å². The molecule has 1 aromatic carbocycles. The lowest BCUT2D eigenvalue weighted by Gasteiger charge is -2.25. The molecule has 4 nitrogen and oxygen atoms in total. The second kappa shape index (κ2) is 7.14. The molecule has 0 aliphatic carbocycles. The van der Waals surface area contributed by atoms with Crippen LogP contribution in [0.1, 0.15) is 30.6 Å². The Labute approximate surface area is 115 Å². The first-order valence-corrected chi connectivity index (χ1v) is 6.63. The van der Waals surface area contributed by atoms with Crippen LogP contribution in [0, 0.1) is 5.92 Å². The molecule has 0 saturated heterocycles. The molecule has 0 spiro atoms. The fourth-order valence-corrected chi connectivity index (χ4v) is 2.17. The normalized spacial score (nSPS) is 12.7. The first-order valence-electron chi connectivity index (χ1n) is 6.63. The average Bonchev–Trinajstić information content (AvgIpc) is 2.27. The highest BCUT2D eigenvalue weighted by molar-refractivity contribution is 5.88. The van der Waals surface area contributed by atoms with Crippen LogP contribution in [0.4, 0.5) is 5.69 Å². The Balaban J connectivity index is 2.77. The van der Waals surface area contributed by atoms with Crippen LogP contribution in [-0.2, 0) is 0 Å². The highest BCUT2D eigenvalue weighted by Crippen LogP contribution is 2.15. The van der Waals surface area contributed by atoms with E-state index in [4.69, 9.17) is 5.11 Å². The molecule has 0 aliphatic rings. The number of nitrogens with one attached hydrogen (secondary N) is 1. The minimum atomic E-state index is -0.892. The number of anilines is 1. The number of hydrogen-bond donors (Lipinski definition) is 2. The molecule has 0 bridgehead atoms. The van der Waals surface area contributed by atoms with Gasteiger partial charge in [0.25, 0.3) is 0 Å². The first-order chi connectivity index (χ1) is 8.88. The van der Waals surface area contributed by atoms with Crippen LogP contribution in [0.15, 0.2) is 24.3 Å². The molecule has 2 N–H and O–H groups in total. The zero-order valence-electron chi connectivity index (χ0n) is 12.2. The summed E-state index contributed by atoms with van der Waals surface area (Å²) in [6.45, 7) is 5.31. The van der Waals surface area contributed by atoms with E-state index in [1.807, 2.05) is 20.2 Å². The maximum atomic E-state index is 11.0. The van der Waals surface area contributed by atoms with E-state index in [0.717, 1.165) is 18.7 Å². The molecule has 0 aromatic heterocycles. The van der Waals surface area contributed by atoms with Crippen molar-refractivity contribution in [2.24, 2.45) is 5.92 Å². The summed E-state index contributed by atoms with van der Waals surface area (Å²) >= 11 is 0. The third-order valence-corrected chi connectivity index (χ3v) is 2.82. The summed E-state index contributed by atoms with van der Waals surface area (Å²) in [5.41, 5.74) is 1.19. The van der Waals surface area contributed by atoms with E-state index in [1.165, 1.54) is 0 Å². The minimum Gasteiger partial charge on any atom is -0.478 e. The number of rotatable bonds is 7. The summed E-state index contributed by atoms with van der Waals surface area (Å²) in [5.74, 6) is -0.295. The zero-order valence-corrected chi connectivity index (χ0v) is 12.2. The molecular weight excluding hydrogens is 240 g/mol. The van der Waals surface area contributed by atoms with Crippen molar-refractivity contribution in [3.05, 3.63) is 29.8 Å². The lowest BCUT2D eigenvalue weighted by Crippen LogP contribution is -2.33. The van der Waals surface area contributed by atoms with Crippen molar-refractivity contribution in [2.75, 3.05) is 26.0 Å². The quantitative estimate of drug-likeness (QED) is 0.795. The Kier molecular flexibility index (Phi) is 5.83. The summed E-state index contributed by atoms with van der Waals surface area (Å²) in [5, 5.41) is 12.4. The first kappa shape index (κ1) is 15.5. The number of carbonyl (C=O) groups is 1. The van der Waals surface area contributed by atoms with Crippen molar-refractivity contribution >= 4 is 11.7 Å². The summed E-state index contributed by atoms with van der Waals surface area (Å²) in [6, 6.07) is 7.30. The van der Waals surface area contributed by atoms with Gasteiger partial charge in [-0.1, -0.05) is 19.9 Å². The fraction of sp³-hybridized carbons (Fsp3) is 0.533. The lowest BCUT2D eigenvalue weighted by atomic mass is 10.0. The number of aromatic carboxylic acids is 1. The monoisotopic (exact) mass is 264 g/mol. The summed E-state index contributed by atoms with van der Waals surface area (Å²) in [7, 11) is 4.09. The van der Waals surface area contributed by atoms with Crippen molar-refractivity contribution in [2.45, 2.75) is 26.3 Å². The van der Waals surface area contributed by atoms with Crippen LogP contribution in [0.3, 0.4) is 0 Å². The number of likely N-dealkylation sites (N-methyl/N-ethyl adjacent to an activating group) is 1. The number of hydrogen-bond acceptors (Lipinski definition) is 3. The third kappa shape index (κ3) is 5.75. The number of carboxylic acids is 1. The maximum absolute atomic E-state index is 11.0. The van der Waals surface area contributed by atoms with Gasteiger partial charge in [0, 0.05) is 18.3 Å². The van der Waals surface area contributed by atoms with Gasteiger partial charge in [-0.2, -0.15) is 0 Å². The van der Waals surface area contributed by atoms with E-state index in [2.05, 4.69) is 24.1 Å². The molecule has 1 atom stereocenters. The molecule has 106 valence electrons. The van der Waals surface area contributed by atoms with Gasteiger partial charge in [0.2, 0.25) is 0 Å². The Morgan fingerprint density at radius 1 is 1.37 bits per heavy atom. The van der Waals surface area contributed by atoms with Gasteiger partial charge in [-0.05, 0) is 44.6 Å². The predicted molar refractivity (Wildman–Crippen MR) is 78.8 cm³/mol. The Morgan fingerprint density at radius 2 is 2.05 bits per heavy atom. The molecule has 0 radical (unpaired) electrons. The van der Waals surface area contributed by atoms with Gasteiger partial charge in [0.15, 0.2) is 0 Å². The molecular formula is C15H24N2O2. The van der Waals surface area contributed by atoms with Crippen molar-refractivity contribution in [3.63, 3.8) is 0 Å². The van der Waals surface area contributed by atoms with E-state index in [9.17, 15) is 4.79 Å². The molecule has 0 heterocycles. The largest absolute Gasteiger partial charge is 0.478 e. The average molecular weight is 264 g/mol. The second-order valence-electron chi connectivity index (χ2n) is 5.62.